The maximum atomic E-state index is 4.44. The van der Waals surface area contributed by atoms with E-state index in [0.717, 1.165) is 23.2 Å². The summed E-state index contributed by atoms with van der Waals surface area (Å²) in [5.41, 5.74) is 4.45. The van der Waals surface area contributed by atoms with E-state index in [1.54, 1.807) is 0 Å². The van der Waals surface area contributed by atoms with Gasteiger partial charge < -0.3 is 0 Å². The smallest absolute Gasteiger partial charge is 0.0661 e. The van der Waals surface area contributed by atoms with Gasteiger partial charge in [-0.15, -0.1) is 0 Å². The highest BCUT2D eigenvalue weighted by Crippen LogP contribution is 2.26. The van der Waals surface area contributed by atoms with Gasteiger partial charge in [-0.25, -0.2) is 0 Å². The van der Waals surface area contributed by atoms with Gasteiger partial charge in [0.15, 0.2) is 0 Å². The number of benzene rings is 1. The molecule has 0 aliphatic heterocycles. The van der Waals surface area contributed by atoms with Crippen molar-refractivity contribution in [2.45, 2.75) is 20.3 Å². The van der Waals surface area contributed by atoms with Crippen LogP contribution in [0.25, 0.3) is 11.1 Å². The minimum Gasteiger partial charge on any atom is -0.285 e. The van der Waals surface area contributed by atoms with E-state index in [9.17, 15) is 0 Å². The summed E-state index contributed by atoms with van der Waals surface area (Å²) in [6.45, 7) is 4.15. The molecule has 1 aromatic carbocycles. The Hall–Kier alpha value is -1.90. The first-order chi connectivity index (χ1) is 7.81. The van der Waals surface area contributed by atoms with Gasteiger partial charge in [-0.05, 0) is 30.5 Å². The molecule has 0 radical (unpaired) electrons. The van der Waals surface area contributed by atoms with Crippen LogP contribution in [0.3, 0.4) is 0 Å². The monoisotopic (exact) mass is 213 g/mol. The highest BCUT2D eigenvalue weighted by Gasteiger charge is 2.01. The van der Waals surface area contributed by atoms with Gasteiger partial charge >= 0.3 is 0 Å². The van der Waals surface area contributed by atoms with Gasteiger partial charge in [-0.2, -0.15) is 5.10 Å². The number of nitrogens with zero attached hydrogens (tertiary/aromatic N) is 2. The Morgan fingerprint density at radius 2 is 2.25 bits per heavy atom. The molecule has 1 heterocycles. The molecule has 0 saturated heterocycles. The Morgan fingerprint density at radius 3 is 2.94 bits per heavy atom. The van der Waals surface area contributed by atoms with Crippen LogP contribution in [-0.2, 0) is 0 Å². The molecule has 2 aromatic rings. The lowest BCUT2D eigenvalue weighted by atomic mass is 10.1. The zero-order valence-electron chi connectivity index (χ0n) is 9.57. The summed E-state index contributed by atoms with van der Waals surface area (Å²) in [5.74, 6) is 0. The first-order valence-electron chi connectivity index (χ1n) is 5.43. The van der Waals surface area contributed by atoms with E-state index in [2.05, 4.69) is 47.2 Å². The van der Waals surface area contributed by atoms with Crippen LogP contribution in [-0.4, -0.2) is 16.4 Å². The summed E-state index contributed by atoms with van der Waals surface area (Å²) in [5, 5.41) is 6.77. The second-order valence-corrected chi connectivity index (χ2v) is 3.71. The van der Waals surface area contributed by atoms with Crippen LogP contribution in [0.4, 0.5) is 5.69 Å². The van der Waals surface area contributed by atoms with E-state index in [-0.39, 0.29) is 0 Å². The van der Waals surface area contributed by atoms with Crippen molar-refractivity contribution in [2.75, 3.05) is 0 Å². The lowest BCUT2D eigenvalue weighted by molar-refractivity contribution is 1.09. The average Bonchev–Trinajstić information content (AvgIpc) is 2.81. The number of aliphatic imine (C=N–C) groups is 1. The molecule has 1 aromatic heterocycles. The number of hydrogen-bond acceptors (Lipinski definition) is 2. The Morgan fingerprint density at radius 1 is 1.38 bits per heavy atom. The van der Waals surface area contributed by atoms with Gasteiger partial charge in [0.2, 0.25) is 0 Å². The second-order valence-electron chi connectivity index (χ2n) is 3.71. The lowest BCUT2D eigenvalue weighted by Gasteiger charge is -2.03. The van der Waals surface area contributed by atoms with E-state index in [0.29, 0.717) is 0 Å². The summed E-state index contributed by atoms with van der Waals surface area (Å²) in [6, 6.07) is 6.27. The van der Waals surface area contributed by atoms with Crippen LogP contribution in [0.2, 0.25) is 0 Å². The molecule has 0 fully saturated rings. The molecule has 0 unspecified atom stereocenters. The molecule has 3 nitrogen and oxygen atoms in total. The predicted molar refractivity (Wildman–Crippen MR) is 67.2 cm³/mol. The number of aromatic nitrogens is 2. The van der Waals surface area contributed by atoms with Gasteiger partial charge in [-0.1, -0.05) is 19.1 Å². The molecule has 1 N–H and O–H groups in total. The van der Waals surface area contributed by atoms with Crippen LogP contribution in [0.5, 0.6) is 0 Å². The van der Waals surface area contributed by atoms with Crippen molar-refractivity contribution in [2.24, 2.45) is 4.99 Å². The fraction of sp³-hybridized carbons (Fsp3) is 0.231. The molecule has 0 saturated carbocycles. The SMILES string of the molecule is CCC=Nc1cc(-c2cn[nH]c2)ccc1C. The molecule has 0 aliphatic rings. The fourth-order valence-electron chi connectivity index (χ4n) is 1.53. The molecule has 0 spiro atoms. The number of rotatable bonds is 3. The zero-order valence-corrected chi connectivity index (χ0v) is 9.57. The van der Waals surface area contributed by atoms with Crippen molar-refractivity contribution in [3.63, 3.8) is 0 Å². The van der Waals surface area contributed by atoms with Crippen LogP contribution < -0.4 is 0 Å². The molecule has 2 rings (SSSR count). The van der Waals surface area contributed by atoms with Gasteiger partial charge in [0, 0.05) is 18.0 Å². The molecule has 0 amide bonds. The maximum absolute atomic E-state index is 4.44. The Bertz CT molecular complexity index is 484. The number of hydrogen-bond donors (Lipinski definition) is 1. The van der Waals surface area contributed by atoms with Gasteiger partial charge in [-0.3, -0.25) is 10.1 Å². The topological polar surface area (TPSA) is 41.0 Å². The van der Waals surface area contributed by atoms with Crippen molar-refractivity contribution >= 4 is 11.9 Å². The molecule has 82 valence electrons. The van der Waals surface area contributed by atoms with Crippen molar-refractivity contribution < 1.29 is 0 Å². The van der Waals surface area contributed by atoms with E-state index in [4.69, 9.17) is 0 Å². The highest BCUT2D eigenvalue weighted by molar-refractivity contribution is 5.71. The number of aromatic amines is 1. The van der Waals surface area contributed by atoms with Crippen molar-refractivity contribution in [1.29, 1.82) is 0 Å². The highest BCUT2D eigenvalue weighted by atomic mass is 15.1. The Balaban J connectivity index is 2.39. The molecule has 3 heteroatoms. The molecular formula is C13H15N3. The Kier molecular flexibility index (Phi) is 3.15. The summed E-state index contributed by atoms with van der Waals surface area (Å²) < 4.78 is 0. The standard InChI is InChI=1S/C13H15N3/c1-3-6-14-13-7-11(5-4-10(13)2)12-8-15-16-9-12/h4-9H,3H2,1-2H3,(H,15,16). The third-order valence-corrected chi connectivity index (χ3v) is 2.45. The molecule has 16 heavy (non-hydrogen) atoms. The summed E-state index contributed by atoms with van der Waals surface area (Å²) in [6.07, 6.45) is 6.59. The van der Waals surface area contributed by atoms with E-state index in [1.165, 1.54) is 5.56 Å². The number of nitrogens with one attached hydrogen (secondary N) is 1. The van der Waals surface area contributed by atoms with Crippen molar-refractivity contribution in [3.05, 3.63) is 36.2 Å². The number of H-pyrrole nitrogens is 1. The van der Waals surface area contributed by atoms with E-state index >= 15 is 0 Å². The summed E-state index contributed by atoms with van der Waals surface area (Å²) in [7, 11) is 0. The van der Waals surface area contributed by atoms with E-state index in [1.807, 2.05) is 18.6 Å². The first kappa shape index (κ1) is 10.6. The van der Waals surface area contributed by atoms with Crippen LogP contribution in [0.1, 0.15) is 18.9 Å². The predicted octanol–water partition coefficient (Wildman–Crippen LogP) is 3.50. The minimum absolute atomic E-state index is 0.954. The maximum Gasteiger partial charge on any atom is 0.0661 e. The summed E-state index contributed by atoms with van der Waals surface area (Å²) in [4.78, 5) is 4.44. The molecule has 0 bridgehead atoms. The third-order valence-electron chi connectivity index (χ3n) is 2.45. The minimum atomic E-state index is 0.954. The summed E-state index contributed by atoms with van der Waals surface area (Å²) >= 11 is 0. The zero-order chi connectivity index (χ0) is 11.4. The van der Waals surface area contributed by atoms with Crippen molar-refractivity contribution in [1.82, 2.24) is 10.2 Å². The molecule has 0 aliphatic carbocycles. The van der Waals surface area contributed by atoms with Crippen LogP contribution in [0.15, 0.2) is 35.6 Å². The Labute approximate surface area is 95.2 Å². The normalized spacial score (nSPS) is 11.1. The van der Waals surface area contributed by atoms with Gasteiger partial charge in [0.05, 0.1) is 11.9 Å². The average molecular weight is 213 g/mol. The quantitative estimate of drug-likeness (QED) is 0.779. The van der Waals surface area contributed by atoms with Gasteiger partial charge in [0.1, 0.15) is 0 Å². The van der Waals surface area contributed by atoms with Gasteiger partial charge in [0.25, 0.3) is 0 Å². The first-order valence-corrected chi connectivity index (χ1v) is 5.43. The van der Waals surface area contributed by atoms with Crippen molar-refractivity contribution in [3.8, 4) is 11.1 Å². The fourth-order valence-corrected chi connectivity index (χ4v) is 1.53. The number of aryl methyl sites for hydroxylation is 1. The van der Waals surface area contributed by atoms with Crippen LogP contribution >= 0.6 is 0 Å². The molecular weight excluding hydrogens is 198 g/mol. The largest absolute Gasteiger partial charge is 0.285 e. The third kappa shape index (κ3) is 2.19. The molecule has 0 atom stereocenters. The van der Waals surface area contributed by atoms with Crippen LogP contribution in [0, 0.1) is 6.92 Å². The van der Waals surface area contributed by atoms with E-state index < -0.39 is 0 Å². The lowest BCUT2D eigenvalue weighted by Crippen LogP contribution is -1.79. The second kappa shape index (κ2) is 4.75.